The summed E-state index contributed by atoms with van der Waals surface area (Å²) >= 11 is 3.42. The van der Waals surface area contributed by atoms with Crippen LogP contribution in [0.5, 0.6) is 0 Å². The quantitative estimate of drug-likeness (QED) is 0.630. The molecule has 2 unspecified atom stereocenters. The van der Waals surface area contributed by atoms with Gasteiger partial charge in [-0.3, -0.25) is 4.79 Å². The maximum atomic E-state index is 12.5. The van der Waals surface area contributed by atoms with Crippen LogP contribution in [0.15, 0.2) is 63.6 Å². The fraction of sp³-hybridized carbons (Fsp3) is 0.250. The monoisotopic (exact) mass is 411 g/mol. The molecule has 1 aliphatic heterocycles. The molecule has 1 fully saturated rings. The second kappa shape index (κ2) is 7.03. The van der Waals surface area contributed by atoms with Crippen molar-refractivity contribution in [2.75, 3.05) is 6.54 Å². The largest absolute Gasteiger partial charge is 0.339 e. The van der Waals surface area contributed by atoms with Gasteiger partial charge >= 0.3 is 0 Å². The Bertz CT molecular complexity index is 908. The van der Waals surface area contributed by atoms with Crippen LogP contribution >= 0.6 is 15.9 Å². The molecule has 26 heavy (non-hydrogen) atoms. The van der Waals surface area contributed by atoms with Crippen molar-refractivity contribution in [3.8, 4) is 11.4 Å². The maximum absolute atomic E-state index is 12.5. The zero-order chi connectivity index (χ0) is 18.1. The van der Waals surface area contributed by atoms with E-state index in [1.165, 1.54) is 0 Å². The second-order valence-electron chi connectivity index (χ2n) is 6.50. The van der Waals surface area contributed by atoms with E-state index < -0.39 is 0 Å². The molecule has 1 aromatic heterocycles. The average Bonchev–Trinajstić information content (AvgIpc) is 3.29. The van der Waals surface area contributed by atoms with Gasteiger partial charge in [0.25, 0.3) is 0 Å². The van der Waals surface area contributed by atoms with Crippen molar-refractivity contribution in [3.63, 3.8) is 0 Å². The van der Waals surface area contributed by atoms with Gasteiger partial charge in [-0.15, -0.1) is 0 Å². The molecule has 1 aliphatic rings. The fourth-order valence-electron chi connectivity index (χ4n) is 3.30. The molecule has 2 atom stereocenters. The third-order valence-corrected chi connectivity index (χ3v) is 5.33. The highest BCUT2D eigenvalue weighted by Crippen LogP contribution is 2.34. The number of amides is 1. The molecule has 0 N–H and O–H groups in total. The summed E-state index contributed by atoms with van der Waals surface area (Å²) in [5.74, 6) is 1.13. The highest BCUT2D eigenvalue weighted by Gasteiger charge is 2.37. The number of likely N-dealkylation sites (tertiary alicyclic amines) is 1. The van der Waals surface area contributed by atoms with Crippen LogP contribution < -0.4 is 0 Å². The Morgan fingerprint density at radius 3 is 2.62 bits per heavy atom. The Labute approximate surface area is 160 Å². The van der Waals surface area contributed by atoms with E-state index >= 15 is 0 Å². The Morgan fingerprint density at radius 2 is 1.88 bits per heavy atom. The van der Waals surface area contributed by atoms with Gasteiger partial charge in [0, 0.05) is 23.0 Å². The molecular formula is C20H18BrN3O2. The van der Waals surface area contributed by atoms with E-state index in [0.29, 0.717) is 24.7 Å². The number of carbonyl (C=O) groups excluding carboxylic acids is 1. The van der Waals surface area contributed by atoms with Crippen molar-refractivity contribution < 1.29 is 9.32 Å². The lowest BCUT2D eigenvalue weighted by atomic mass is 10.1. The Morgan fingerprint density at radius 1 is 1.15 bits per heavy atom. The van der Waals surface area contributed by atoms with Gasteiger partial charge in [0.15, 0.2) is 0 Å². The van der Waals surface area contributed by atoms with Crippen LogP contribution in [0, 0.1) is 0 Å². The molecule has 3 aromatic rings. The molecular weight excluding hydrogens is 394 g/mol. The Hall–Kier alpha value is -2.47. The number of halogens is 1. The molecule has 6 heteroatoms. The summed E-state index contributed by atoms with van der Waals surface area (Å²) in [7, 11) is 0. The van der Waals surface area contributed by atoms with Gasteiger partial charge in [-0.25, -0.2) is 0 Å². The van der Waals surface area contributed by atoms with Crippen LogP contribution in [0.1, 0.15) is 36.8 Å². The maximum Gasteiger partial charge on any atom is 0.232 e. The lowest BCUT2D eigenvalue weighted by Gasteiger charge is -2.24. The smallest absolute Gasteiger partial charge is 0.232 e. The predicted octanol–water partition coefficient (Wildman–Crippen LogP) is 4.58. The summed E-state index contributed by atoms with van der Waals surface area (Å²) in [5.41, 5.74) is 2.02. The SMILES string of the molecule is CC(c1ccccc1)N1CC(c2nc(-c3ccc(Br)cc3)no2)CC1=O. The lowest BCUT2D eigenvalue weighted by molar-refractivity contribution is -0.129. The number of hydrogen-bond acceptors (Lipinski definition) is 4. The van der Waals surface area contributed by atoms with Crippen molar-refractivity contribution >= 4 is 21.8 Å². The van der Waals surface area contributed by atoms with E-state index in [1.54, 1.807) is 0 Å². The van der Waals surface area contributed by atoms with Crippen LogP contribution in [0.2, 0.25) is 0 Å². The van der Waals surface area contributed by atoms with Crippen molar-refractivity contribution in [3.05, 3.63) is 70.5 Å². The number of carbonyl (C=O) groups is 1. The highest BCUT2D eigenvalue weighted by atomic mass is 79.9. The standard InChI is InChI=1S/C20H18BrN3O2/c1-13(14-5-3-2-4-6-14)24-12-16(11-18(24)25)20-22-19(23-26-20)15-7-9-17(21)10-8-15/h2-10,13,16H,11-12H2,1H3. The minimum atomic E-state index is -0.0645. The van der Waals surface area contributed by atoms with Crippen LogP contribution in [0.4, 0.5) is 0 Å². The van der Waals surface area contributed by atoms with E-state index in [-0.39, 0.29) is 17.9 Å². The molecule has 2 aromatic carbocycles. The Kier molecular flexibility index (Phi) is 4.59. The summed E-state index contributed by atoms with van der Waals surface area (Å²) in [6, 6.07) is 17.8. The first-order valence-corrected chi connectivity index (χ1v) is 9.35. The van der Waals surface area contributed by atoms with Gasteiger partial charge in [0.1, 0.15) is 0 Å². The van der Waals surface area contributed by atoms with Crippen LogP contribution in [0.25, 0.3) is 11.4 Å². The van der Waals surface area contributed by atoms with Gasteiger partial charge < -0.3 is 9.42 Å². The zero-order valence-electron chi connectivity index (χ0n) is 14.3. The number of benzene rings is 2. The molecule has 0 spiro atoms. The summed E-state index contributed by atoms with van der Waals surface area (Å²) in [6.45, 7) is 2.65. The Balaban J connectivity index is 1.51. The number of aromatic nitrogens is 2. The van der Waals surface area contributed by atoms with Gasteiger partial charge in [-0.1, -0.05) is 51.4 Å². The minimum absolute atomic E-state index is 0.0302. The highest BCUT2D eigenvalue weighted by molar-refractivity contribution is 9.10. The molecule has 5 nitrogen and oxygen atoms in total. The molecule has 4 rings (SSSR count). The van der Waals surface area contributed by atoms with Crippen LogP contribution in [-0.4, -0.2) is 27.5 Å². The average molecular weight is 412 g/mol. The normalized spacial score (nSPS) is 18.3. The second-order valence-corrected chi connectivity index (χ2v) is 7.41. The number of rotatable bonds is 4. The first kappa shape index (κ1) is 17.0. The van der Waals surface area contributed by atoms with E-state index in [4.69, 9.17) is 4.52 Å². The number of nitrogens with zero attached hydrogens (tertiary/aromatic N) is 3. The van der Waals surface area contributed by atoms with Crippen molar-refractivity contribution in [1.29, 1.82) is 0 Å². The molecule has 0 aliphatic carbocycles. The zero-order valence-corrected chi connectivity index (χ0v) is 15.9. The van der Waals surface area contributed by atoms with Crippen LogP contribution in [0.3, 0.4) is 0 Å². The summed E-state index contributed by atoms with van der Waals surface area (Å²) in [4.78, 5) is 18.9. The van der Waals surface area contributed by atoms with E-state index in [2.05, 4.69) is 33.0 Å². The first-order chi connectivity index (χ1) is 12.6. The van der Waals surface area contributed by atoms with Gasteiger partial charge in [-0.2, -0.15) is 4.98 Å². The minimum Gasteiger partial charge on any atom is -0.339 e. The van der Waals surface area contributed by atoms with Crippen molar-refractivity contribution in [2.45, 2.75) is 25.3 Å². The van der Waals surface area contributed by atoms with Crippen LogP contribution in [-0.2, 0) is 4.79 Å². The predicted molar refractivity (Wildman–Crippen MR) is 101 cm³/mol. The fourth-order valence-corrected chi connectivity index (χ4v) is 3.56. The molecule has 0 bridgehead atoms. The topological polar surface area (TPSA) is 59.2 Å². The van der Waals surface area contributed by atoms with E-state index in [9.17, 15) is 4.79 Å². The van der Waals surface area contributed by atoms with Gasteiger partial charge in [-0.05, 0) is 36.8 Å². The molecule has 0 saturated carbocycles. The third-order valence-electron chi connectivity index (χ3n) is 4.80. The summed E-state index contributed by atoms with van der Waals surface area (Å²) in [5, 5.41) is 4.08. The third kappa shape index (κ3) is 3.29. The molecule has 1 amide bonds. The van der Waals surface area contributed by atoms with Gasteiger partial charge in [0.05, 0.1) is 12.0 Å². The van der Waals surface area contributed by atoms with E-state index in [0.717, 1.165) is 15.6 Å². The lowest BCUT2D eigenvalue weighted by Crippen LogP contribution is -2.28. The molecule has 0 radical (unpaired) electrons. The van der Waals surface area contributed by atoms with Crippen molar-refractivity contribution in [2.24, 2.45) is 0 Å². The van der Waals surface area contributed by atoms with Gasteiger partial charge in [0.2, 0.25) is 17.6 Å². The summed E-state index contributed by atoms with van der Waals surface area (Å²) < 4.78 is 6.46. The number of hydrogen-bond donors (Lipinski definition) is 0. The van der Waals surface area contributed by atoms with Crippen molar-refractivity contribution in [1.82, 2.24) is 15.0 Å². The summed E-state index contributed by atoms with van der Waals surface area (Å²) in [6.07, 6.45) is 0.402. The molecule has 1 saturated heterocycles. The first-order valence-electron chi connectivity index (χ1n) is 8.56. The molecule has 2 heterocycles. The molecule has 132 valence electrons. The van der Waals surface area contributed by atoms with E-state index in [1.807, 2.05) is 59.5 Å².